The summed E-state index contributed by atoms with van der Waals surface area (Å²) < 4.78 is 17.4. The van der Waals surface area contributed by atoms with Crippen molar-refractivity contribution in [3.63, 3.8) is 0 Å². The van der Waals surface area contributed by atoms with Crippen molar-refractivity contribution in [2.24, 2.45) is 0 Å². The van der Waals surface area contributed by atoms with E-state index in [4.69, 9.17) is 14.2 Å². The highest BCUT2D eigenvalue weighted by Gasteiger charge is 2.41. The molecule has 0 aromatic heterocycles. The van der Waals surface area contributed by atoms with Gasteiger partial charge in [0.2, 0.25) is 0 Å². The van der Waals surface area contributed by atoms with Crippen LogP contribution in [0.15, 0.2) is 24.3 Å². The van der Waals surface area contributed by atoms with Crippen molar-refractivity contribution in [2.75, 3.05) is 19.8 Å². The molecule has 0 saturated carbocycles. The van der Waals surface area contributed by atoms with E-state index in [1.807, 2.05) is 12.1 Å². The Kier molecular flexibility index (Phi) is 3.27. The first-order chi connectivity index (χ1) is 8.76. The second-order valence-corrected chi connectivity index (χ2v) is 5.38. The van der Waals surface area contributed by atoms with E-state index in [0.29, 0.717) is 0 Å². The van der Waals surface area contributed by atoms with Gasteiger partial charge in [0.1, 0.15) is 11.9 Å². The van der Waals surface area contributed by atoms with Gasteiger partial charge < -0.3 is 14.2 Å². The highest BCUT2D eigenvalue weighted by molar-refractivity contribution is 5.26. The van der Waals surface area contributed by atoms with Gasteiger partial charge in [-0.15, -0.1) is 0 Å². The van der Waals surface area contributed by atoms with Gasteiger partial charge in [0, 0.05) is 25.9 Å². The standard InChI is InChI=1S/C15H20O3/c1-12-2-4-13(5-3-12)18-14-6-8-17-15(10-14)7-9-16-11-15/h2-5,14H,6-11H2,1H3. The van der Waals surface area contributed by atoms with Crippen molar-refractivity contribution in [3.8, 4) is 5.75 Å². The monoisotopic (exact) mass is 248 g/mol. The maximum Gasteiger partial charge on any atom is 0.119 e. The SMILES string of the molecule is Cc1ccc(OC2CCOC3(CCOC3)C2)cc1. The lowest BCUT2D eigenvalue weighted by Crippen LogP contribution is -2.44. The van der Waals surface area contributed by atoms with Gasteiger partial charge in [0.25, 0.3) is 0 Å². The molecule has 3 heteroatoms. The summed E-state index contributed by atoms with van der Waals surface area (Å²) in [5.41, 5.74) is 1.18. The molecule has 0 aliphatic carbocycles. The van der Waals surface area contributed by atoms with E-state index in [9.17, 15) is 0 Å². The van der Waals surface area contributed by atoms with Crippen molar-refractivity contribution in [3.05, 3.63) is 29.8 Å². The molecule has 2 saturated heterocycles. The Morgan fingerprint density at radius 1 is 1.22 bits per heavy atom. The third-order valence-electron chi connectivity index (χ3n) is 3.84. The average Bonchev–Trinajstić information content (AvgIpc) is 2.80. The topological polar surface area (TPSA) is 27.7 Å². The van der Waals surface area contributed by atoms with Crippen LogP contribution < -0.4 is 4.74 Å². The van der Waals surface area contributed by atoms with E-state index in [2.05, 4.69) is 19.1 Å². The van der Waals surface area contributed by atoms with Crippen LogP contribution >= 0.6 is 0 Å². The lowest BCUT2D eigenvalue weighted by Gasteiger charge is -2.37. The smallest absolute Gasteiger partial charge is 0.119 e. The number of hydrogen-bond acceptors (Lipinski definition) is 3. The molecule has 98 valence electrons. The quantitative estimate of drug-likeness (QED) is 0.805. The van der Waals surface area contributed by atoms with Gasteiger partial charge in [-0.05, 0) is 19.1 Å². The minimum absolute atomic E-state index is 0.0758. The van der Waals surface area contributed by atoms with Gasteiger partial charge in [0.05, 0.1) is 18.8 Å². The molecule has 2 aliphatic heterocycles. The molecule has 1 aromatic rings. The first-order valence-corrected chi connectivity index (χ1v) is 6.71. The summed E-state index contributed by atoms with van der Waals surface area (Å²) in [7, 11) is 0. The number of rotatable bonds is 2. The molecule has 3 rings (SSSR count). The van der Waals surface area contributed by atoms with Gasteiger partial charge in [-0.3, -0.25) is 0 Å². The molecule has 2 atom stereocenters. The Labute approximate surface area is 108 Å². The van der Waals surface area contributed by atoms with E-state index >= 15 is 0 Å². The summed E-state index contributed by atoms with van der Waals surface area (Å²) in [5, 5.41) is 0. The van der Waals surface area contributed by atoms with Crippen LogP contribution in [0.1, 0.15) is 24.8 Å². The summed E-state index contributed by atoms with van der Waals surface area (Å²) >= 11 is 0. The maximum atomic E-state index is 6.06. The molecule has 1 spiro atoms. The molecule has 0 bridgehead atoms. The summed E-state index contributed by atoms with van der Waals surface area (Å²) in [6.45, 7) is 4.40. The highest BCUT2D eigenvalue weighted by Crippen LogP contribution is 2.34. The summed E-state index contributed by atoms with van der Waals surface area (Å²) in [5.74, 6) is 0.960. The fourth-order valence-electron chi connectivity index (χ4n) is 2.76. The average molecular weight is 248 g/mol. The van der Waals surface area contributed by atoms with Crippen LogP contribution in [0.5, 0.6) is 5.75 Å². The first-order valence-electron chi connectivity index (χ1n) is 6.71. The van der Waals surface area contributed by atoms with Gasteiger partial charge in [-0.2, -0.15) is 0 Å². The zero-order valence-corrected chi connectivity index (χ0v) is 10.9. The largest absolute Gasteiger partial charge is 0.490 e. The third-order valence-corrected chi connectivity index (χ3v) is 3.84. The second-order valence-electron chi connectivity index (χ2n) is 5.38. The predicted molar refractivity (Wildman–Crippen MR) is 68.9 cm³/mol. The lowest BCUT2D eigenvalue weighted by molar-refractivity contribution is -0.112. The van der Waals surface area contributed by atoms with Gasteiger partial charge in [-0.25, -0.2) is 0 Å². The van der Waals surface area contributed by atoms with Crippen molar-refractivity contribution in [2.45, 2.75) is 37.9 Å². The summed E-state index contributed by atoms with van der Waals surface area (Å²) in [6.07, 6.45) is 3.17. The number of aryl methyl sites for hydroxylation is 1. The minimum Gasteiger partial charge on any atom is -0.490 e. The third kappa shape index (κ3) is 2.52. The molecule has 2 aliphatic rings. The van der Waals surface area contributed by atoms with E-state index in [0.717, 1.165) is 44.8 Å². The molecule has 2 unspecified atom stereocenters. The number of ether oxygens (including phenoxy) is 3. The lowest BCUT2D eigenvalue weighted by atomic mass is 9.91. The van der Waals surface area contributed by atoms with E-state index in [1.54, 1.807) is 0 Å². The molecule has 18 heavy (non-hydrogen) atoms. The van der Waals surface area contributed by atoms with E-state index in [1.165, 1.54) is 5.56 Å². The summed E-state index contributed by atoms with van der Waals surface area (Å²) in [4.78, 5) is 0. The van der Waals surface area contributed by atoms with Gasteiger partial charge in [0.15, 0.2) is 0 Å². The van der Waals surface area contributed by atoms with Crippen LogP contribution in [0.3, 0.4) is 0 Å². The van der Waals surface area contributed by atoms with Crippen molar-refractivity contribution in [1.82, 2.24) is 0 Å². The second kappa shape index (κ2) is 4.90. The van der Waals surface area contributed by atoms with Crippen LogP contribution in [0, 0.1) is 6.92 Å². The fourth-order valence-corrected chi connectivity index (χ4v) is 2.76. The van der Waals surface area contributed by atoms with Crippen LogP contribution in [0.25, 0.3) is 0 Å². The Morgan fingerprint density at radius 2 is 2.06 bits per heavy atom. The molecule has 2 fully saturated rings. The van der Waals surface area contributed by atoms with Crippen LogP contribution in [-0.2, 0) is 9.47 Å². The molecule has 0 N–H and O–H groups in total. The molecule has 3 nitrogen and oxygen atoms in total. The van der Waals surface area contributed by atoms with Gasteiger partial charge in [-0.1, -0.05) is 17.7 Å². The molecule has 0 amide bonds. The molecular formula is C15H20O3. The van der Waals surface area contributed by atoms with Crippen molar-refractivity contribution >= 4 is 0 Å². The fraction of sp³-hybridized carbons (Fsp3) is 0.600. The Morgan fingerprint density at radius 3 is 2.78 bits per heavy atom. The van der Waals surface area contributed by atoms with Gasteiger partial charge >= 0.3 is 0 Å². The summed E-state index contributed by atoms with van der Waals surface area (Å²) in [6, 6.07) is 8.26. The van der Waals surface area contributed by atoms with Crippen LogP contribution in [0.2, 0.25) is 0 Å². The molecular weight excluding hydrogens is 228 g/mol. The normalized spacial score (nSPS) is 31.7. The highest BCUT2D eigenvalue weighted by atomic mass is 16.6. The van der Waals surface area contributed by atoms with Crippen molar-refractivity contribution in [1.29, 1.82) is 0 Å². The Bertz CT molecular complexity index is 393. The number of benzene rings is 1. The first kappa shape index (κ1) is 12.0. The molecule has 0 radical (unpaired) electrons. The van der Waals surface area contributed by atoms with Crippen molar-refractivity contribution < 1.29 is 14.2 Å². The maximum absolute atomic E-state index is 6.06. The Hall–Kier alpha value is -1.06. The van der Waals surface area contributed by atoms with E-state index in [-0.39, 0.29) is 11.7 Å². The predicted octanol–water partition coefficient (Wildman–Crippen LogP) is 2.71. The molecule has 2 heterocycles. The molecule has 1 aromatic carbocycles. The minimum atomic E-state index is -0.0758. The number of hydrogen-bond donors (Lipinski definition) is 0. The van der Waals surface area contributed by atoms with Crippen LogP contribution in [0.4, 0.5) is 0 Å². The zero-order valence-electron chi connectivity index (χ0n) is 10.9. The Balaban J connectivity index is 1.64. The van der Waals surface area contributed by atoms with Crippen LogP contribution in [-0.4, -0.2) is 31.5 Å². The zero-order chi connectivity index (χ0) is 12.4. The van der Waals surface area contributed by atoms with E-state index < -0.39 is 0 Å².